The molecule has 1 rings (SSSR count). The highest BCUT2D eigenvalue weighted by Gasteiger charge is 2.23. The molecule has 1 N–H and O–H groups in total. The maximum Gasteiger partial charge on any atom is 0.0820 e. The predicted octanol–water partition coefficient (Wildman–Crippen LogP) is 4.25. The first-order chi connectivity index (χ1) is 8.63. The molecule has 0 aliphatic rings. The summed E-state index contributed by atoms with van der Waals surface area (Å²) in [5.41, 5.74) is 1.30. The minimum absolute atomic E-state index is 0.149. The van der Waals surface area contributed by atoms with Crippen LogP contribution in [0.4, 0.5) is 0 Å². The Morgan fingerprint density at radius 3 is 2.32 bits per heavy atom. The van der Waals surface area contributed by atoms with Crippen LogP contribution in [-0.2, 0) is 0 Å². The van der Waals surface area contributed by atoms with E-state index >= 15 is 0 Å². The van der Waals surface area contributed by atoms with Crippen LogP contribution in [0.3, 0.4) is 0 Å². The van der Waals surface area contributed by atoms with Crippen molar-refractivity contribution in [2.75, 3.05) is 6.54 Å². The summed E-state index contributed by atoms with van der Waals surface area (Å²) < 4.78 is 2.04. The van der Waals surface area contributed by atoms with Gasteiger partial charge >= 0.3 is 0 Å². The lowest BCUT2D eigenvalue weighted by Gasteiger charge is -2.27. The van der Waals surface area contributed by atoms with Crippen LogP contribution >= 0.6 is 11.6 Å². The number of rotatable bonds is 5. The molecule has 4 heteroatoms. The first-order valence-electron chi connectivity index (χ1n) is 7.11. The quantitative estimate of drug-likeness (QED) is 0.877. The molecule has 2 atom stereocenters. The molecule has 0 fully saturated rings. The van der Waals surface area contributed by atoms with E-state index in [1.54, 1.807) is 6.20 Å². The van der Waals surface area contributed by atoms with Crippen LogP contribution < -0.4 is 5.32 Å². The number of nitrogens with zero attached hydrogens (tertiary/aromatic N) is 2. The zero-order valence-corrected chi connectivity index (χ0v) is 14.0. The molecule has 3 nitrogen and oxygen atoms in total. The summed E-state index contributed by atoms with van der Waals surface area (Å²) in [7, 11) is 0. The van der Waals surface area contributed by atoms with Gasteiger partial charge < -0.3 is 5.32 Å². The summed E-state index contributed by atoms with van der Waals surface area (Å²) in [5.74, 6) is 0.887. The molecule has 0 saturated carbocycles. The molecule has 2 unspecified atom stereocenters. The lowest BCUT2D eigenvalue weighted by molar-refractivity contribution is 0.347. The van der Waals surface area contributed by atoms with Crippen molar-refractivity contribution in [1.82, 2.24) is 15.1 Å². The highest BCUT2D eigenvalue weighted by molar-refractivity contribution is 6.31. The molecule has 0 spiro atoms. The van der Waals surface area contributed by atoms with E-state index in [0.717, 1.165) is 17.3 Å². The SMILES string of the molecule is CC(CNC(C)(C)C)C(C)c1c(Cl)cnn1C(C)C. The molecule has 0 aliphatic heterocycles. The molecule has 0 aliphatic carbocycles. The normalized spacial score (nSPS) is 15.8. The Morgan fingerprint density at radius 2 is 1.84 bits per heavy atom. The third kappa shape index (κ3) is 4.50. The van der Waals surface area contributed by atoms with Gasteiger partial charge in [0, 0.05) is 17.5 Å². The Bertz CT molecular complexity index is 404. The maximum absolute atomic E-state index is 6.31. The first-order valence-corrected chi connectivity index (χ1v) is 7.49. The van der Waals surface area contributed by atoms with E-state index in [1.807, 2.05) is 4.68 Å². The molecule has 1 aromatic rings. The fourth-order valence-corrected chi connectivity index (χ4v) is 2.40. The summed E-state index contributed by atoms with van der Waals surface area (Å²) in [6.45, 7) is 16.3. The minimum atomic E-state index is 0.149. The van der Waals surface area contributed by atoms with Gasteiger partial charge in [0.15, 0.2) is 0 Å². The predicted molar refractivity (Wildman–Crippen MR) is 83.0 cm³/mol. The Kier molecular flexibility index (Phi) is 5.45. The highest BCUT2D eigenvalue weighted by Crippen LogP contribution is 2.31. The van der Waals surface area contributed by atoms with E-state index in [1.165, 1.54) is 0 Å². The van der Waals surface area contributed by atoms with Crippen molar-refractivity contribution in [3.63, 3.8) is 0 Å². The third-order valence-corrected chi connectivity index (χ3v) is 3.81. The van der Waals surface area contributed by atoms with Gasteiger partial charge in [-0.2, -0.15) is 5.10 Å². The largest absolute Gasteiger partial charge is 0.312 e. The van der Waals surface area contributed by atoms with Gasteiger partial charge in [-0.1, -0.05) is 25.4 Å². The summed E-state index contributed by atoms with van der Waals surface area (Å²) in [4.78, 5) is 0. The molecule has 1 aromatic heterocycles. The average molecular weight is 286 g/mol. The van der Waals surface area contributed by atoms with Crippen molar-refractivity contribution in [3.05, 3.63) is 16.9 Å². The smallest absolute Gasteiger partial charge is 0.0820 e. The maximum atomic E-state index is 6.31. The summed E-state index contributed by atoms with van der Waals surface area (Å²) >= 11 is 6.31. The lowest BCUT2D eigenvalue weighted by Crippen LogP contribution is -2.39. The van der Waals surface area contributed by atoms with Crippen LogP contribution in [0.2, 0.25) is 5.02 Å². The molecule has 0 amide bonds. The Morgan fingerprint density at radius 1 is 1.26 bits per heavy atom. The van der Waals surface area contributed by atoms with Gasteiger partial charge in [0.05, 0.1) is 16.9 Å². The van der Waals surface area contributed by atoms with Crippen molar-refractivity contribution >= 4 is 11.6 Å². The van der Waals surface area contributed by atoms with Gasteiger partial charge in [-0.05, 0) is 47.1 Å². The molecule has 0 radical (unpaired) electrons. The number of hydrogen-bond acceptors (Lipinski definition) is 2. The van der Waals surface area contributed by atoms with E-state index in [4.69, 9.17) is 11.6 Å². The van der Waals surface area contributed by atoms with E-state index in [0.29, 0.717) is 17.9 Å². The van der Waals surface area contributed by atoms with Crippen molar-refractivity contribution in [2.24, 2.45) is 5.92 Å². The van der Waals surface area contributed by atoms with Crippen molar-refractivity contribution in [3.8, 4) is 0 Å². The van der Waals surface area contributed by atoms with Crippen LogP contribution in [0.15, 0.2) is 6.20 Å². The average Bonchev–Trinajstić information content (AvgIpc) is 2.66. The molecular weight excluding hydrogens is 258 g/mol. The van der Waals surface area contributed by atoms with Crippen molar-refractivity contribution < 1.29 is 0 Å². The van der Waals surface area contributed by atoms with E-state index < -0.39 is 0 Å². The molecule has 0 aromatic carbocycles. The summed E-state index contributed by atoms with van der Waals surface area (Å²) in [6.07, 6.45) is 1.76. The molecule has 19 heavy (non-hydrogen) atoms. The van der Waals surface area contributed by atoms with Gasteiger partial charge in [0.1, 0.15) is 0 Å². The van der Waals surface area contributed by atoms with Crippen LogP contribution in [0.25, 0.3) is 0 Å². The zero-order chi connectivity index (χ0) is 14.8. The standard InChI is InChI=1S/C15H28ClN3/c1-10(2)19-14(13(16)9-18-19)12(4)11(3)8-17-15(5,6)7/h9-12,17H,8H2,1-7H3. The monoisotopic (exact) mass is 285 g/mol. The first kappa shape index (κ1) is 16.5. The second kappa shape index (κ2) is 6.27. The summed E-state index contributed by atoms with van der Waals surface area (Å²) in [6, 6.07) is 0.340. The van der Waals surface area contributed by atoms with Crippen LogP contribution in [0, 0.1) is 5.92 Å². The van der Waals surface area contributed by atoms with Gasteiger partial charge in [-0.3, -0.25) is 4.68 Å². The molecule has 0 saturated heterocycles. The number of nitrogens with one attached hydrogen (secondary N) is 1. The number of aromatic nitrogens is 2. The third-order valence-electron chi connectivity index (χ3n) is 3.52. The lowest BCUT2D eigenvalue weighted by atomic mass is 9.91. The van der Waals surface area contributed by atoms with Gasteiger partial charge in [-0.15, -0.1) is 0 Å². The number of hydrogen-bond donors (Lipinski definition) is 1. The van der Waals surface area contributed by atoms with Gasteiger partial charge in [-0.25, -0.2) is 0 Å². The zero-order valence-electron chi connectivity index (χ0n) is 13.3. The van der Waals surface area contributed by atoms with E-state index in [-0.39, 0.29) is 5.54 Å². The second-order valence-corrected chi connectivity index (χ2v) is 7.22. The van der Waals surface area contributed by atoms with Gasteiger partial charge in [0.25, 0.3) is 0 Å². The second-order valence-electron chi connectivity index (χ2n) is 6.81. The van der Waals surface area contributed by atoms with Crippen molar-refractivity contribution in [2.45, 2.75) is 66.0 Å². The van der Waals surface area contributed by atoms with Crippen molar-refractivity contribution in [1.29, 1.82) is 0 Å². The van der Waals surface area contributed by atoms with Crippen LogP contribution in [-0.4, -0.2) is 21.9 Å². The fourth-order valence-electron chi connectivity index (χ4n) is 2.10. The topological polar surface area (TPSA) is 29.9 Å². The molecule has 110 valence electrons. The molecule has 1 heterocycles. The number of halogens is 1. The minimum Gasteiger partial charge on any atom is -0.312 e. The molecular formula is C15H28ClN3. The Balaban J connectivity index is 2.82. The molecule has 0 bridgehead atoms. The Hall–Kier alpha value is -0.540. The highest BCUT2D eigenvalue weighted by atomic mass is 35.5. The van der Waals surface area contributed by atoms with Crippen LogP contribution in [0.5, 0.6) is 0 Å². The van der Waals surface area contributed by atoms with E-state index in [2.05, 4.69) is 58.9 Å². The van der Waals surface area contributed by atoms with E-state index in [9.17, 15) is 0 Å². The Labute approximate surface area is 122 Å². The summed E-state index contributed by atoms with van der Waals surface area (Å²) in [5, 5.41) is 8.73. The van der Waals surface area contributed by atoms with Gasteiger partial charge in [0.2, 0.25) is 0 Å². The van der Waals surface area contributed by atoms with Crippen LogP contribution in [0.1, 0.15) is 66.1 Å². The fraction of sp³-hybridized carbons (Fsp3) is 0.800.